The molecule has 6 heteroatoms. The molecule has 1 rings (SSSR count). The maximum atomic E-state index is 2.25. The van der Waals surface area contributed by atoms with Gasteiger partial charge in [-0.05, 0) is 11.5 Å². The van der Waals surface area contributed by atoms with Crippen LogP contribution in [-0.4, -0.2) is 43.0 Å². The van der Waals surface area contributed by atoms with E-state index in [-0.39, 0.29) is 24.8 Å². The van der Waals surface area contributed by atoms with Gasteiger partial charge in [-0.3, -0.25) is 9.80 Å². The zero-order valence-electron chi connectivity index (χ0n) is 9.52. The number of rotatable bonds is 6. The molecule has 0 aromatic rings. The van der Waals surface area contributed by atoms with Crippen molar-refractivity contribution < 1.29 is 34.6 Å². The second-order valence-corrected chi connectivity index (χ2v) is 6.00. The molecule has 0 bridgehead atoms. The summed E-state index contributed by atoms with van der Waals surface area (Å²) in [5.41, 5.74) is 0. The van der Waals surface area contributed by atoms with Crippen molar-refractivity contribution in [3.8, 4) is 0 Å². The summed E-state index contributed by atoms with van der Waals surface area (Å²) in [5, 5.41) is 0. The topological polar surface area (TPSA) is 8.88 Å². The molecular formula is C9H22Cl2N2S2. The van der Waals surface area contributed by atoms with Gasteiger partial charge in [0.2, 0.25) is 6.67 Å². The van der Waals surface area contributed by atoms with Crippen molar-refractivity contribution in [2.24, 2.45) is 0 Å². The lowest BCUT2D eigenvalue weighted by Gasteiger charge is -2.11. The first-order valence-corrected chi connectivity index (χ1v) is 7.50. The molecule has 1 fully saturated rings. The van der Waals surface area contributed by atoms with E-state index in [1.54, 1.807) is 9.80 Å². The van der Waals surface area contributed by atoms with Crippen molar-refractivity contribution in [3.63, 3.8) is 0 Å². The number of quaternary nitrogens is 2. The number of nitrogens with one attached hydrogen (secondary N) is 2. The van der Waals surface area contributed by atoms with Gasteiger partial charge in [-0.1, -0.05) is 13.8 Å². The normalized spacial score (nSPS) is 24.4. The van der Waals surface area contributed by atoms with Gasteiger partial charge in [-0.25, -0.2) is 0 Å². The highest BCUT2D eigenvalue weighted by Gasteiger charge is 2.25. The molecule has 0 amide bonds. The average molecular weight is 293 g/mol. The molecule has 0 aromatic heterocycles. The fourth-order valence-corrected chi connectivity index (χ4v) is 3.10. The Bertz CT molecular complexity index is 127. The summed E-state index contributed by atoms with van der Waals surface area (Å²) in [6, 6.07) is 0. The molecule has 2 nitrogen and oxygen atoms in total. The third-order valence-corrected chi connectivity index (χ3v) is 4.39. The molecule has 1 heterocycles. The second-order valence-electron chi connectivity index (χ2n) is 3.45. The average Bonchev–Trinajstić information content (AvgIpc) is 2.59. The zero-order valence-corrected chi connectivity index (χ0v) is 12.7. The van der Waals surface area contributed by atoms with Gasteiger partial charge in [0.05, 0.1) is 0 Å². The van der Waals surface area contributed by atoms with Crippen molar-refractivity contribution in [3.05, 3.63) is 0 Å². The third-order valence-electron chi connectivity index (χ3n) is 2.35. The van der Waals surface area contributed by atoms with Crippen LogP contribution in [0.4, 0.5) is 0 Å². The zero-order chi connectivity index (χ0) is 9.52. The second kappa shape index (κ2) is 11.7. The Morgan fingerprint density at radius 1 is 0.867 bits per heavy atom. The van der Waals surface area contributed by atoms with Crippen LogP contribution in [0.5, 0.6) is 0 Å². The molecule has 0 spiro atoms. The van der Waals surface area contributed by atoms with Gasteiger partial charge in [0, 0.05) is 0 Å². The lowest BCUT2D eigenvalue weighted by atomic mass is 10.6. The van der Waals surface area contributed by atoms with Gasteiger partial charge in [-0.15, -0.1) is 23.5 Å². The summed E-state index contributed by atoms with van der Waals surface area (Å²) in [4.78, 5) is 3.58. The van der Waals surface area contributed by atoms with Crippen LogP contribution in [0.25, 0.3) is 0 Å². The van der Waals surface area contributed by atoms with Gasteiger partial charge < -0.3 is 24.8 Å². The van der Waals surface area contributed by atoms with Gasteiger partial charge in [0.1, 0.15) is 24.8 Å². The van der Waals surface area contributed by atoms with E-state index >= 15 is 0 Å². The van der Waals surface area contributed by atoms with Crippen LogP contribution in [0.1, 0.15) is 13.8 Å². The molecular weight excluding hydrogens is 271 g/mol. The standard InChI is InChI=1S/C9H20N2S2.2ClH/c1-3-12-8-10-5-6-11(7-10)9-13-4-2;;/h3-9H2,1-2H3;2*1H. The largest absolute Gasteiger partial charge is 1.00 e. The molecule has 0 aliphatic carbocycles. The van der Waals surface area contributed by atoms with Gasteiger partial charge in [0.25, 0.3) is 0 Å². The van der Waals surface area contributed by atoms with Crippen LogP contribution >= 0.6 is 23.5 Å². The molecule has 2 N–H and O–H groups in total. The van der Waals surface area contributed by atoms with Crippen LogP contribution in [0, 0.1) is 0 Å². The van der Waals surface area contributed by atoms with Crippen LogP contribution in [-0.2, 0) is 0 Å². The molecule has 0 aromatic carbocycles. The van der Waals surface area contributed by atoms with Crippen molar-refractivity contribution >= 4 is 23.5 Å². The maximum absolute atomic E-state index is 2.25. The van der Waals surface area contributed by atoms with Crippen LogP contribution < -0.4 is 34.6 Å². The summed E-state index contributed by atoms with van der Waals surface area (Å²) in [7, 11) is 0. The molecule has 2 unspecified atom stereocenters. The Morgan fingerprint density at radius 2 is 1.27 bits per heavy atom. The van der Waals surface area contributed by atoms with Gasteiger partial charge >= 0.3 is 0 Å². The summed E-state index contributed by atoms with van der Waals surface area (Å²) in [5.74, 6) is 5.17. The number of halogens is 2. The monoisotopic (exact) mass is 292 g/mol. The molecule has 0 radical (unpaired) electrons. The minimum absolute atomic E-state index is 0. The fourth-order valence-electron chi connectivity index (χ4n) is 1.62. The highest BCUT2D eigenvalue weighted by molar-refractivity contribution is 7.99. The Kier molecular flexibility index (Phi) is 14.5. The van der Waals surface area contributed by atoms with Crippen LogP contribution in [0.15, 0.2) is 0 Å². The van der Waals surface area contributed by atoms with Crippen molar-refractivity contribution in [2.75, 3.05) is 43.0 Å². The summed E-state index contributed by atoms with van der Waals surface area (Å²) >= 11 is 4.15. The smallest absolute Gasteiger partial charge is 0.206 e. The van der Waals surface area contributed by atoms with Crippen molar-refractivity contribution in [1.82, 2.24) is 0 Å². The highest BCUT2D eigenvalue weighted by atomic mass is 35.5. The predicted octanol–water partition coefficient (Wildman–Crippen LogP) is -6.84. The number of thioether (sulfide) groups is 2. The third kappa shape index (κ3) is 8.00. The molecule has 1 aliphatic heterocycles. The van der Waals surface area contributed by atoms with E-state index < -0.39 is 0 Å². The molecule has 15 heavy (non-hydrogen) atoms. The Balaban J connectivity index is 0. The Hall–Kier alpha value is 1.20. The van der Waals surface area contributed by atoms with E-state index in [0.29, 0.717) is 0 Å². The van der Waals surface area contributed by atoms with Crippen molar-refractivity contribution in [2.45, 2.75) is 13.8 Å². The molecule has 94 valence electrons. The summed E-state index contributed by atoms with van der Waals surface area (Å²) in [6.07, 6.45) is 0. The summed E-state index contributed by atoms with van der Waals surface area (Å²) < 4.78 is 0. The van der Waals surface area contributed by atoms with E-state index in [9.17, 15) is 0 Å². The van der Waals surface area contributed by atoms with Crippen LogP contribution in [0.2, 0.25) is 0 Å². The molecule has 1 aliphatic rings. The van der Waals surface area contributed by atoms with E-state index in [0.717, 1.165) is 0 Å². The Morgan fingerprint density at radius 3 is 1.60 bits per heavy atom. The maximum Gasteiger partial charge on any atom is 0.206 e. The number of hydrogen-bond donors (Lipinski definition) is 2. The lowest BCUT2D eigenvalue weighted by Crippen LogP contribution is -3.22. The molecule has 0 saturated carbocycles. The molecule has 2 atom stereocenters. The van der Waals surface area contributed by atoms with Gasteiger partial charge in [0.15, 0.2) is 0 Å². The minimum atomic E-state index is 0. The summed E-state index contributed by atoms with van der Waals surface area (Å²) in [6.45, 7) is 8.61. The first kappa shape index (κ1) is 18.6. The number of hydrogen-bond acceptors (Lipinski definition) is 2. The first-order chi connectivity index (χ1) is 6.36. The molecule has 1 saturated heterocycles. The minimum Gasteiger partial charge on any atom is -1.00 e. The van der Waals surface area contributed by atoms with Crippen LogP contribution in [0.3, 0.4) is 0 Å². The quantitative estimate of drug-likeness (QED) is 0.504. The van der Waals surface area contributed by atoms with Gasteiger partial charge in [-0.2, -0.15) is 0 Å². The lowest BCUT2D eigenvalue weighted by molar-refractivity contribution is -1.01. The predicted molar refractivity (Wildman–Crippen MR) is 62.5 cm³/mol. The first-order valence-electron chi connectivity index (χ1n) is 5.19. The van der Waals surface area contributed by atoms with E-state index in [1.807, 2.05) is 0 Å². The fraction of sp³-hybridized carbons (Fsp3) is 1.00. The SMILES string of the molecule is CCSC[NH+]1CC[NH+](CSCC)C1.[Cl-].[Cl-]. The van der Waals surface area contributed by atoms with Crippen molar-refractivity contribution in [1.29, 1.82) is 0 Å². The Labute approximate surface area is 115 Å². The van der Waals surface area contributed by atoms with E-state index in [2.05, 4.69) is 37.4 Å². The van der Waals surface area contributed by atoms with E-state index in [4.69, 9.17) is 0 Å². The van der Waals surface area contributed by atoms with E-state index in [1.165, 1.54) is 43.0 Å². The highest BCUT2D eigenvalue weighted by Crippen LogP contribution is 1.92.